The molecule has 1 aromatic carbocycles. The molecule has 318 valence electrons. The van der Waals surface area contributed by atoms with Gasteiger partial charge >= 0.3 is 12.4 Å². The van der Waals surface area contributed by atoms with E-state index in [9.17, 15) is 45.5 Å². The first-order valence-corrected chi connectivity index (χ1v) is 19.5. The van der Waals surface area contributed by atoms with Crippen molar-refractivity contribution in [1.29, 1.82) is 5.26 Å². The Bertz CT molecular complexity index is 2000. The maximum Gasteiger partial charge on any atom is 0.419 e. The molecular weight excluding hydrogens is 809 g/mol. The first-order valence-electron chi connectivity index (χ1n) is 19.1. The second kappa shape index (κ2) is 17.4. The number of imide groups is 1. The summed E-state index contributed by atoms with van der Waals surface area (Å²) in [5, 5.41) is 17.0. The average molecular weight is 852 g/mol. The Kier molecular flexibility index (Phi) is 12.8. The van der Waals surface area contributed by atoms with Crippen molar-refractivity contribution in [1.82, 2.24) is 25.0 Å². The zero-order valence-corrected chi connectivity index (χ0v) is 33.0. The SMILES string of the molecule is CC1(C)C(=O)N(c2cnc(C#N)c(C(F)(F)F)c2)C(=S)N1[C@H]1CC[C@H](OCCN2CCN(CC(=O)Nc3cccc(N[C@@H]4CCC(=O)NC4=O)c3)[C@@H](C(F)(F)F)C2)CC1. The van der Waals surface area contributed by atoms with Gasteiger partial charge in [0.2, 0.25) is 17.7 Å². The number of rotatable bonds is 11. The van der Waals surface area contributed by atoms with Crippen LogP contribution < -0.4 is 20.9 Å². The molecule has 59 heavy (non-hydrogen) atoms. The molecule has 4 aliphatic rings. The second-order valence-corrected chi connectivity index (χ2v) is 15.8. The van der Waals surface area contributed by atoms with E-state index < -0.39 is 65.5 Å². The summed E-state index contributed by atoms with van der Waals surface area (Å²) < 4.78 is 90.0. The first-order chi connectivity index (χ1) is 27.8. The summed E-state index contributed by atoms with van der Waals surface area (Å²) in [4.78, 5) is 59.2. The number of piperidine rings is 1. The van der Waals surface area contributed by atoms with E-state index in [1.54, 1.807) is 47.9 Å². The maximum absolute atomic E-state index is 14.3. The molecule has 6 rings (SSSR count). The minimum Gasteiger partial charge on any atom is -0.377 e. The Balaban J connectivity index is 0.971. The Labute approximate surface area is 341 Å². The van der Waals surface area contributed by atoms with E-state index in [1.165, 1.54) is 6.07 Å². The van der Waals surface area contributed by atoms with E-state index in [4.69, 9.17) is 22.2 Å². The van der Waals surface area contributed by atoms with Crippen molar-refractivity contribution in [2.75, 3.05) is 54.9 Å². The second-order valence-electron chi connectivity index (χ2n) is 15.5. The molecule has 0 bridgehead atoms. The van der Waals surface area contributed by atoms with Crippen LogP contribution in [-0.4, -0.2) is 124 Å². The molecule has 4 fully saturated rings. The van der Waals surface area contributed by atoms with Crippen LogP contribution in [0.2, 0.25) is 0 Å². The number of pyridine rings is 1. The van der Waals surface area contributed by atoms with Crippen LogP contribution in [0.1, 0.15) is 63.6 Å². The number of ether oxygens (including phenoxy) is 1. The van der Waals surface area contributed by atoms with Gasteiger partial charge in [-0.25, -0.2) is 4.98 Å². The fourth-order valence-corrected chi connectivity index (χ4v) is 8.60. The van der Waals surface area contributed by atoms with Crippen molar-refractivity contribution in [3.63, 3.8) is 0 Å². The Morgan fingerprint density at radius 3 is 2.42 bits per heavy atom. The van der Waals surface area contributed by atoms with Crippen LogP contribution in [0, 0.1) is 11.3 Å². The van der Waals surface area contributed by atoms with Crippen LogP contribution in [0.15, 0.2) is 36.5 Å². The number of nitriles is 1. The monoisotopic (exact) mass is 851 g/mol. The molecule has 3 N–H and O–H groups in total. The zero-order chi connectivity index (χ0) is 42.9. The van der Waals surface area contributed by atoms with Gasteiger partial charge in [0.05, 0.1) is 36.7 Å². The molecular formula is C38H43F6N9O5S. The predicted molar refractivity (Wildman–Crippen MR) is 205 cm³/mol. The van der Waals surface area contributed by atoms with Gasteiger partial charge in [-0.2, -0.15) is 31.6 Å². The molecule has 21 heteroatoms. The number of nitrogens with zero attached hydrogens (tertiary/aromatic N) is 6. The molecule has 0 spiro atoms. The number of thiocarbonyl (C=S) groups is 1. The zero-order valence-electron chi connectivity index (χ0n) is 32.2. The normalized spacial score (nSPS) is 24.5. The number of piperazine rings is 1. The van der Waals surface area contributed by atoms with E-state index in [-0.39, 0.29) is 68.1 Å². The molecule has 1 saturated carbocycles. The number of anilines is 3. The standard InChI is InChI=1S/C38H43F6N9O5S/c1-36(2)34(57)52(25-17-27(37(39,40)41)29(18-45)46-19-25)35(59)53(36)24-6-8-26(9-7-24)58-15-14-50-12-13-51(30(20-50)38(42,43)44)21-32(55)48-23-5-3-4-22(16-23)47-28-10-11-31(54)49-33(28)56/h3-5,16-17,19,24,26,28,30,47H,6-15,20-21H2,1-2H3,(H,48,55)(H,49,54,56)/t24-,26-,28-,30-/m1/s1. The summed E-state index contributed by atoms with van der Waals surface area (Å²) in [6.45, 7) is 3.06. The summed E-state index contributed by atoms with van der Waals surface area (Å²) in [7, 11) is 0. The summed E-state index contributed by atoms with van der Waals surface area (Å²) >= 11 is 5.65. The molecule has 1 aliphatic carbocycles. The highest BCUT2D eigenvalue weighted by Gasteiger charge is 2.53. The Morgan fingerprint density at radius 2 is 1.76 bits per heavy atom. The highest BCUT2D eigenvalue weighted by molar-refractivity contribution is 7.80. The first kappa shape index (κ1) is 43.7. The fourth-order valence-electron chi connectivity index (χ4n) is 8.03. The molecule has 1 aromatic heterocycles. The number of halogens is 6. The van der Waals surface area contributed by atoms with E-state index in [1.807, 2.05) is 0 Å². The Hall–Kier alpha value is -4.91. The number of benzene rings is 1. The molecule has 2 aromatic rings. The lowest BCUT2D eigenvalue weighted by molar-refractivity contribution is -0.197. The van der Waals surface area contributed by atoms with Gasteiger partial charge in [0.25, 0.3) is 5.91 Å². The van der Waals surface area contributed by atoms with Gasteiger partial charge < -0.3 is 20.3 Å². The minimum atomic E-state index is -4.88. The largest absolute Gasteiger partial charge is 0.419 e. The fraction of sp³-hybridized carbons (Fsp3) is 0.553. The molecule has 14 nitrogen and oxygen atoms in total. The molecule has 2 atom stereocenters. The lowest BCUT2D eigenvalue weighted by Gasteiger charge is -2.42. The van der Waals surface area contributed by atoms with Crippen LogP contribution >= 0.6 is 12.2 Å². The third kappa shape index (κ3) is 9.94. The lowest BCUT2D eigenvalue weighted by Crippen LogP contribution is -2.60. The molecule has 3 saturated heterocycles. The van der Waals surface area contributed by atoms with Crippen LogP contribution in [-0.2, 0) is 30.1 Å². The number of carbonyl (C=O) groups is 4. The summed E-state index contributed by atoms with van der Waals surface area (Å²) in [6.07, 6.45) is -6.05. The average Bonchev–Trinajstić information content (AvgIpc) is 3.34. The van der Waals surface area contributed by atoms with Crippen molar-refractivity contribution >= 4 is 58.0 Å². The number of alkyl halides is 6. The smallest absolute Gasteiger partial charge is 0.377 e. The highest BCUT2D eigenvalue weighted by atomic mass is 32.1. The van der Waals surface area contributed by atoms with E-state index in [2.05, 4.69) is 20.9 Å². The maximum atomic E-state index is 14.3. The quantitative estimate of drug-likeness (QED) is 0.166. The Morgan fingerprint density at radius 1 is 1.05 bits per heavy atom. The summed E-state index contributed by atoms with van der Waals surface area (Å²) in [6, 6.07) is 5.74. The third-order valence-corrected chi connectivity index (χ3v) is 11.4. The van der Waals surface area contributed by atoms with E-state index >= 15 is 0 Å². The predicted octanol–water partition coefficient (Wildman–Crippen LogP) is 4.42. The van der Waals surface area contributed by atoms with Crippen molar-refractivity contribution in [2.24, 2.45) is 0 Å². The van der Waals surface area contributed by atoms with Gasteiger partial charge in [0.15, 0.2) is 10.8 Å². The van der Waals surface area contributed by atoms with Crippen LogP contribution in [0.4, 0.5) is 43.4 Å². The van der Waals surface area contributed by atoms with Gasteiger partial charge in [-0.1, -0.05) is 6.07 Å². The number of aromatic nitrogens is 1. The number of amides is 4. The van der Waals surface area contributed by atoms with Crippen LogP contribution in [0.25, 0.3) is 0 Å². The number of hydrogen-bond acceptors (Lipinski definition) is 11. The minimum absolute atomic E-state index is 0.0167. The van der Waals surface area contributed by atoms with Gasteiger partial charge in [-0.05, 0) is 82.4 Å². The summed E-state index contributed by atoms with van der Waals surface area (Å²) in [5.41, 5.74) is -2.67. The number of carbonyl (C=O) groups excluding carboxylic acids is 4. The molecule has 0 unspecified atom stereocenters. The third-order valence-electron chi connectivity index (χ3n) is 11.1. The van der Waals surface area contributed by atoms with Gasteiger partial charge in [-0.15, -0.1) is 0 Å². The van der Waals surface area contributed by atoms with Crippen molar-refractivity contribution < 1.29 is 50.3 Å². The lowest BCUT2D eigenvalue weighted by atomic mass is 9.89. The molecule has 3 aliphatic heterocycles. The number of nitrogens with one attached hydrogen (secondary N) is 3. The van der Waals surface area contributed by atoms with E-state index in [0.717, 1.165) is 16.0 Å². The van der Waals surface area contributed by atoms with Crippen LogP contribution in [0.3, 0.4) is 0 Å². The van der Waals surface area contributed by atoms with E-state index in [0.29, 0.717) is 49.5 Å². The highest BCUT2D eigenvalue weighted by Crippen LogP contribution is 2.40. The number of hydrogen-bond donors (Lipinski definition) is 3. The van der Waals surface area contributed by atoms with Gasteiger partial charge in [0.1, 0.15) is 23.7 Å². The van der Waals surface area contributed by atoms with Crippen molar-refractivity contribution in [2.45, 2.75) is 94.5 Å². The molecule has 4 amide bonds. The van der Waals surface area contributed by atoms with Crippen molar-refractivity contribution in [3.05, 3.63) is 47.8 Å². The van der Waals surface area contributed by atoms with Crippen LogP contribution in [0.5, 0.6) is 0 Å². The summed E-state index contributed by atoms with van der Waals surface area (Å²) in [5.74, 6) is -2.00. The topological polar surface area (TPSA) is 163 Å². The van der Waals surface area contributed by atoms with Crippen molar-refractivity contribution in [3.8, 4) is 6.07 Å². The van der Waals surface area contributed by atoms with Gasteiger partial charge in [-0.3, -0.25) is 39.2 Å². The molecule has 4 heterocycles. The molecule has 0 radical (unpaired) electrons. The van der Waals surface area contributed by atoms with Gasteiger partial charge in [0, 0.05) is 50.0 Å².